The highest BCUT2D eigenvalue weighted by atomic mass is 16.2. The van der Waals surface area contributed by atoms with Gasteiger partial charge in [0, 0.05) is 23.2 Å². The van der Waals surface area contributed by atoms with E-state index in [0.29, 0.717) is 12.1 Å². The monoisotopic (exact) mass is 285 g/mol. The number of amides is 1. The Labute approximate surface area is 127 Å². The lowest BCUT2D eigenvalue weighted by molar-refractivity contribution is 0.0675. The van der Waals surface area contributed by atoms with Crippen LogP contribution in [0.25, 0.3) is 0 Å². The molecular formula is C18H23NO2. The van der Waals surface area contributed by atoms with E-state index in [1.54, 1.807) is 0 Å². The van der Waals surface area contributed by atoms with Crippen molar-refractivity contribution in [3.63, 3.8) is 0 Å². The largest absolute Gasteiger partial charge is 0.384 e. The number of likely N-dealkylation sites (tertiary alicyclic amines) is 1. The molecular weight excluding hydrogens is 262 g/mol. The predicted octanol–water partition coefficient (Wildman–Crippen LogP) is 2.74. The van der Waals surface area contributed by atoms with Crippen molar-refractivity contribution in [2.24, 2.45) is 0 Å². The second kappa shape index (κ2) is 6.78. The van der Waals surface area contributed by atoms with Gasteiger partial charge in [-0.3, -0.25) is 4.79 Å². The van der Waals surface area contributed by atoms with Crippen LogP contribution in [-0.2, 0) is 0 Å². The van der Waals surface area contributed by atoms with Crippen molar-refractivity contribution in [3.8, 4) is 11.8 Å². The Morgan fingerprint density at radius 1 is 1.43 bits per heavy atom. The number of aliphatic hydroxyl groups excluding tert-OH is 1. The molecule has 0 aliphatic carbocycles. The number of aliphatic hydroxyl groups is 1. The molecule has 1 saturated heterocycles. The summed E-state index contributed by atoms with van der Waals surface area (Å²) in [4.78, 5) is 14.9. The van der Waals surface area contributed by atoms with Gasteiger partial charge in [0.15, 0.2) is 0 Å². The first-order chi connectivity index (χ1) is 10.1. The number of nitrogens with zero attached hydrogens (tertiary/aromatic N) is 1. The first-order valence-electron chi connectivity index (χ1n) is 7.61. The molecule has 1 heterocycles. The Morgan fingerprint density at radius 3 is 2.86 bits per heavy atom. The molecule has 0 bridgehead atoms. The molecule has 0 radical (unpaired) electrons. The van der Waals surface area contributed by atoms with Crippen LogP contribution in [0.15, 0.2) is 18.2 Å². The summed E-state index contributed by atoms with van der Waals surface area (Å²) in [7, 11) is 0. The summed E-state index contributed by atoms with van der Waals surface area (Å²) in [6.07, 6.45) is 3.17. The van der Waals surface area contributed by atoms with Gasteiger partial charge >= 0.3 is 0 Å². The third kappa shape index (κ3) is 3.28. The summed E-state index contributed by atoms with van der Waals surface area (Å²) in [5.41, 5.74) is 2.48. The standard InChI is InChI=1S/C18H23NO2/c1-4-16-10-8-14(3)19(16)18(21)17-12-15(6-5-11-20)9-7-13(17)2/h7,9,12,14,16,20H,4,8,10-11H2,1-3H3. The molecule has 112 valence electrons. The van der Waals surface area contributed by atoms with Crippen molar-refractivity contribution < 1.29 is 9.90 Å². The van der Waals surface area contributed by atoms with Gasteiger partial charge in [0.2, 0.25) is 0 Å². The number of rotatable bonds is 2. The van der Waals surface area contributed by atoms with E-state index >= 15 is 0 Å². The molecule has 1 fully saturated rings. The maximum Gasteiger partial charge on any atom is 0.254 e. The summed E-state index contributed by atoms with van der Waals surface area (Å²) in [6, 6.07) is 6.31. The summed E-state index contributed by atoms with van der Waals surface area (Å²) in [6.45, 7) is 6.05. The van der Waals surface area contributed by atoms with E-state index in [0.717, 1.165) is 36.0 Å². The Kier molecular flexibility index (Phi) is 5.03. The predicted molar refractivity (Wildman–Crippen MR) is 84.1 cm³/mol. The Morgan fingerprint density at radius 2 is 2.19 bits per heavy atom. The molecule has 21 heavy (non-hydrogen) atoms. The number of aryl methyl sites for hydroxylation is 1. The van der Waals surface area contributed by atoms with Crippen molar-refractivity contribution in [1.82, 2.24) is 4.90 Å². The molecule has 3 nitrogen and oxygen atoms in total. The van der Waals surface area contributed by atoms with E-state index in [9.17, 15) is 4.79 Å². The van der Waals surface area contributed by atoms with Gasteiger partial charge in [0.25, 0.3) is 5.91 Å². The van der Waals surface area contributed by atoms with Gasteiger partial charge < -0.3 is 10.0 Å². The zero-order valence-corrected chi connectivity index (χ0v) is 13.0. The number of carbonyl (C=O) groups is 1. The minimum atomic E-state index is -0.168. The van der Waals surface area contributed by atoms with E-state index in [1.807, 2.05) is 30.0 Å². The van der Waals surface area contributed by atoms with Crippen molar-refractivity contribution in [2.75, 3.05) is 6.61 Å². The minimum Gasteiger partial charge on any atom is -0.384 e. The van der Waals surface area contributed by atoms with E-state index in [4.69, 9.17) is 5.11 Å². The zero-order valence-electron chi connectivity index (χ0n) is 13.0. The third-order valence-corrected chi connectivity index (χ3v) is 4.27. The second-order valence-electron chi connectivity index (χ2n) is 5.69. The maximum atomic E-state index is 12.9. The number of hydrogen-bond donors (Lipinski definition) is 1. The van der Waals surface area contributed by atoms with Crippen LogP contribution in [0.4, 0.5) is 0 Å². The van der Waals surface area contributed by atoms with Crippen LogP contribution in [0.3, 0.4) is 0 Å². The number of benzene rings is 1. The first kappa shape index (κ1) is 15.6. The quantitative estimate of drug-likeness (QED) is 0.849. The van der Waals surface area contributed by atoms with Gasteiger partial charge in [-0.2, -0.15) is 0 Å². The molecule has 0 spiro atoms. The molecule has 1 aliphatic rings. The lowest BCUT2D eigenvalue weighted by Crippen LogP contribution is -2.40. The van der Waals surface area contributed by atoms with Gasteiger partial charge in [0.1, 0.15) is 6.61 Å². The van der Waals surface area contributed by atoms with Crippen molar-refractivity contribution >= 4 is 5.91 Å². The molecule has 3 heteroatoms. The highest BCUT2D eigenvalue weighted by molar-refractivity contribution is 5.96. The fourth-order valence-electron chi connectivity index (χ4n) is 3.05. The molecule has 0 aromatic heterocycles. The average molecular weight is 285 g/mol. The first-order valence-corrected chi connectivity index (χ1v) is 7.61. The lowest BCUT2D eigenvalue weighted by Gasteiger charge is -2.28. The fraction of sp³-hybridized carbons (Fsp3) is 0.500. The highest BCUT2D eigenvalue weighted by Gasteiger charge is 2.34. The van der Waals surface area contributed by atoms with Crippen LogP contribution in [0, 0.1) is 18.8 Å². The van der Waals surface area contributed by atoms with Crippen LogP contribution in [-0.4, -0.2) is 34.6 Å². The molecule has 2 rings (SSSR count). The van der Waals surface area contributed by atoms with Crippen molar-refractivity contribution in [2.45, 2.75) is 52.1 Å². The molecule has 1 aliphatic heterocycles. The Balaban J connectivity index is 2.34. The van der Waals surface area contributed by atoms with E-state index < -0.39 is 0 Å². The fourth-order valence-corrected chi connectivity index (χ4v) is 3.05. The summed E-state index contributed by atoms with van der Waals surface area (Å²) in [5.74, 6) is 5.61. The van der Waals surface area contributed by atoms with Crippen LogP contribution in [0.2, 0.25) is 0 Å². The van der Waals surface area contributed by atoms with Crippen molar-refractivity contribution in [1.29, 1.82) is 0 Å². The Hall–Kier alpha value is -1.79. The molecule has 0 saturated carbocycles. The minimum absolute atomic E-state index is 0.108. The molecule has 1 aromatic rings. The van der Waals surface area contributed by atoms with E-state index in [-0.39, 0.29) is 12.5 Å². The lowest BCUT2D eigenvalue weighted by atomic mass is 10.0. The van der Waals surface area contributed by atoms with Crippen molar-refractivity contribution in [3.05, 3.63) is 34.9 Å². The summed E-state index contributed by atoms with van der Waals surface area (Å²) < 4.78 is 0. The van der Waals surface area contributed by atoms with E-state index in [1.165, 1.54) is 0 Å². The zero-order chi connectivity index (χ0) is 15.4. The highest BCUT2D eigenvalue weighted by Crippen LogP contribution is 2.28. The smallest absolute Gasteiger partial charge is 0.254 e. The second-order valence-corrected chi connectivity index (χ2v) is 5.69. The normalized spacial score (nSPS) is 21.0. The summed E-state index contributed by atoms with van der Waals surface area (Å²) in [5, 5.41) is 8.79. The van der Waals surface area contributed by atoms with Gasteiger partial charge in [-0.1, -0.05) is 24.8 Å². The third-order valence-electron chi connectivity index (χ3n) is 4.27. The van der Waals surface area contributed by atoms with Crippen LogP contribution in [0.5, 0.6) is 0 Å². The van der Waals surface area contributed by atoms with Gasteiger partial charge in [0.05, 0.1) is 0 Å². The molecule has 1 aromatic carbocycles. The number of hydrogen-bond acceptors (Lipinski definition) is 2. The van der Waals surface area contributed by atoms with Crippen LogP contribution < -0.4 is 0 Å². The Bertz CT molecular complexity index is 583. The van der Waals surface area contributed by atoms with Crippen LogP contribution in [0.1, 0.15) is 54.6 Å². The molecule has 2 atom stereocenters. The molecule has 1 amide bonds. The van der Waals surface area contributed by atoms with E-state index in [2.05, 4.69) is 25.7 Å². The molecule has 1 N–H and O–H groups in total. The van der Waals surface area contributed by atoms with Gasteiger partial charge in [-0.25, -0.2) is 0 Å². The SMILES string of the molecule is CCC1CCC(C)N1C(=O)c1cc(C#CCO)ccc1C. The molecule has 2 unspecified atom stereocenters. The number of carbonyl (C=O) groups excluding carboxylic acids is 1. The maximum absolute atomic E-state index is 12.9. The van der Waals surface area contributed by atoms with Gasteiger partial charge in [-0.05, 0) is 50.8 Å². The average Bonchev–Trinajstić information content (AvgIpc) is 2.86. The van der Waals surface area contributed by atoms with Crippen LogP contribution >= 0.6 is 0 Å². The van der Waals surface area contributed by atoms with Gasteiger partial charge in [-0.15, -0.1) is 0 Å². The topological polar surface area (TPSA) is 40.5 Å². The summed E-state index contributed by atoms with van der Waals surface area (Å²) >= 11 is 0.